The second-order valence-corrected chi connectivity index (χ2v) is 6.91. The zero-order valence-electron chi connectivity index (χ0n) is 14.3. The predicted octanol–water partition coefficient (Wildman–Crippen LogP) is 3.50. The van der Waals surface area contributed by atoms with Crippen molar-refractivity contribution in [2.75, 3.05) is 0 Å². The highest BCUT2D eigenvalue weighted by Gasteiger charge is 2.17. The van der Waals surface area contributed by atoms with Crippen LogP contribution in [-0.2, 0) is 0 Å². The number of rotatable bonds is 4. The first kappa shape index (κ1) is 18.0. The second kappa shape index (κ2) is 7.61. The number of amides is 1. The zero-order valence-corrected chi connectivity index (χ0v) is 15.9. The van der Waals surface area contributed by atoms with E-state index >= 15 is 0 Å². The quantitative estimate of drug-likeness (QED) is 0.526. The van der Waals surface area contributed by atoms with Crippen LogP contribution in [0.4, 0.5) is 0 Å². The Bertz CT molecular complexity index is 1060. The summed E-state index contributed by atoms with van der Waals surface area (Å²) in [5.74, 6) is -0.471. The van der Waals surface area contributed by atoms with Crippen molar-refractivity contribution in [2.45, 2.75) is 19.9 Å². The molecule has 2 aromatic carbocycles. The minimum Gasteiger partial charge on any atom is -0.267 e. The molecule has 26 heavy (non-hydrogen) atoms. The van der Waals surface area contributed by atoms with Gasteiger partial charge < -0.3 is 0 Å². The first-order valence-electron chi connectivity index (χ1n) is 8.08. The Morgan fingerprint density at radius 2 is 1.92 bits per heavy atom. The number of hydrogen-bond acceptors (Lipinski definition) is 4. The van der Waals surface area contributed by atoms with Crippen molar-refractivity contribution >= 4 is 38.8 Å². The van der Waals surface area contributed by atoms with Crippen LogP contribution < -0.4 is 11.0 Å². The first-order valence-corrected chi connectivity index (χ1v) is 8.87. The fourth-order valence-corrected chi connectivity index (χ4v) is 2.95. The van der Waals surface area contributed by atoms with Crippen molar-refractivity contribution in [3.8, 4) is 0 Å². The van der Waals surface area contributed by atoms with E-state index in [-0.39, 0.29) is 17.3 Å². The van der Waals surface area contributed by atoms with Gasteiger partial charge in [-0.3, -0.25) is 9.59 Å². The van der Waals surface area contributed by atoms with Gasteiger partial charge in [0.25, 0.3) is 11.5 Å². The number of carbonyl (C=O) groups is 1. The third kappa shape index (κ3) is 3.72. The predicted molar refractivity (Wildman–Crippen MR) is 106 cm³/mol. The molecular weight excluding hydrogens is 396 g/mol. The van der Waals surface area contributed by atoms with Crippen LogP contribution in [0.15, 0.2) is 62.9 Å². The van der Waals surface area contributed by atoms with Gasteiger partial charge in [0.05, 0.1) is 17.6 Å². The van der Waals surface area contributed by atoms with Gasteiger partial charge in [-0.1, -0.05) is 46.3 Å². The summed E-state index contributed by atoms with van der Waals surface area (Å²) in [6, 6.07) is 14.3. The van der Waals surface area contributed by atoms with Crippen molar-refractivity contribution in [1.82, 2.24) is 15.2 Å². The van der Waals surface area contributed by atoms with E-state index in [0.717, 1.165) is 10.0 Å². The van der Waals surface area contributed by atoms with E-state index < -0.39 is 5.91 Å². The zero-order chi connectivity index (χ0) is 18.7. The molecule has 0 fully saturated rings. The molecule has 3 aromatic rings. The molecule has 0 saturated heterocycles. The smallest absolute Gasteiger partial charge is 0.267 e. The van der Waals surface area contributed by atoms with E-state index in [2.05, 4.69) is 31.6 Å². The Hall–Kier alpha value is -2.80. The number of fused-ring (bicyclic) bond motifs is 1. The second-order valence-electron chi connectivity index (χ2n) is 5.99. The fraction of sp³-hybridized carbons (Fsp3) is 0.158. The highest BCUT2D eigenvalue weighted by Crippen LogP contribution is 2.15. The van der Waals surface area contributed by atoms with Crippen LogP contribution in [0, 0.1) is 0 Å². The summed E-state index contributed by atoms with van der Waals surface area (Å²) in [7, 11) is 0. The first-order chi connectivity index (χ1) is 12.5. The number of carbonyl (C=O) groups excluding carboxylic acids is 1. The van der Waals surface area contributed by atoms with Crippen LogP contribution in [0.2, 0.25) is 0 Å². The number of hydrogen-bond donors (Lipinski definition) is 1. The van der Waals surface area contributed by atoms with Gasteiger partial charge in [0, 0.05) is 9.86 Å². The molecule has 0 unspecified atom stereocenters. The van der Waals surface area contributed by atoms with E-state index in [0.29, 0.717) is 10.8 Å². The molecule has 0 atom stereocenters. The summed E-state index contributed by atoms with van der Waals surface area (Å²) in [4.78, 5) is 25.1. The third-order valence-electron chi connectivity index (χ3n) is 3.76. The largest absolute Gasteiger partial charge is 0.292 e. The Morgan fingerprint density at radius 1 is 1.19 bits per heavy atom. The molecule has 1 heterocycles. The summed E-state index contributed by atoms with van der Waals surface area (Å²) in [5.41, 5.74) is 3.27. The lowest BCUT2D eigenvalue weighted by Crippen LogP contribution is -2.30. The molecule has 0 aliphatic rings. The SMILES string of the molecule is CC(C)n1nc(C(=O)N/N=C\c2cccc(Br)c2)c2ccccc2c1=O. The maximum absolute atomic E-state index is 12.6. The number of nitrogens with one attached hydrogen (secondary N) is 1. The molecule has 0 saturated carbocycles. The molecule has 132 valence electrons. The summed E-state index contributed by atoms with van der Waals surface area (Å²) in [5, 5.41) is 9.20. The van der Waals surface area contributed by atoms with Gasteiger partial charge in [0.1, 0.15) is 0 Å². The molecule has 1 N–H and O–H groups in total. The Morgan fingerprint density at radius 3 is 2.62 bits per heavy atom. The van der Waals surface area contributed by atoms with Gasteiger partial charge in [0.2, 0.25) is 0 Å². The summed E-state index contributed by atoms with van der Waals surface area (Å²) < 4.78 is 2.24. The van der Waals surface area contributed by atoms with E-state index in [4.69, 9.17) is 0 Å². The van der Waals surface area contributed by atoms with E-state index in [1.807, 2.05) is 38.1 Å². The lowest BCUT2D eigenvalue weighted by molar-refractivity contribution is 0.0949. The van der Waals surface area contributed by atoms with Gasteiger partial charge in [-0.15, -0.1) is 0 Å². The molecule has 3 rings (SSSR count). The van der Waals surface area contributed by atoms with E-state index in [9.17, 15) is 9.59 Å². The van der Waals surface area contributed by atoms with Crippen molar-refractivity contribution in [1.29, 1.82) is 0 Å². The lowest BCUT2D eigenvalue weighted by Gasteiger charge is -2.12. The van der Waals surface area contributed by atoms with Crippen molar-refractivity contribution in [3.63, 3.8) is 0 Å². The molecule has 0 aliphatic carbocycles. The number of hydrazone groups is 1. The maximum atomic E-state index is 12.6. The number of halogens is 1. The summed E-state index contributed by atoms with van der Waals surface area (Å²) in [6.45, 7) is 3.69. The molecule has 7 heteroatoms. The normalized spacial score (nSPS) is 11.4. The lowest BCUT2D eigenvalue weighted by atomic mass is 10.1. The van der Waals surface area contributed by atoms with Crippen molar-refractivity contribution in [3.05, 3.63) is 74.6 Å². The molecule has 6 nitrogen and oxygen atoms in total. The number of aromatic nitrogens is 2. The van der Waals surface area contributed by atoms with Crippen LogP contribution >= 0.6 is 15.9 Å². The number of benzene rings is 2. The summed E-state index contributed by atoms with van der Waals surface area (Å²) >= 11 is 3.38. The summed E-state index contributed by atoms with van der Waals surface area (Å²) in [6.07, 6.45) is 1.54. The Kier molecular flexibility index (Phi) is 5.27. The van der Waals surface area contributed by atoms with Crippen LogP contribution in [-0.4, -0.2) is 21.9 Å². The van der Waals surface area contributed by atoms with Gasteiger partial charge in [-0.2, -0.15) is 10.2 Å². The molecule has 0 radical (unpaired) electrons. The van der Waals surface area contributed by atoms with Crippen molar-refractivity contribution in [2.24, 2.45) is 5.10 Å². The van der Waals surface area contributed by atoms with Gasteiger partial charge in [-0.25, -0.2) is 10.1 Å². The average Bonchev–Trinajstić information content (AvgIpc) is 2.62. The monoisotopic (exact) mass is 412 g/mol. The minimum atomic E-state index is -0.471. The number of nitrogens with zero attached hydrogens (tertiary/aromatic N) is 3. The topological polar surface area (TPSA) is 76.3 Å². The molecule has 0 bridgehead atoms. The highest BCUT2D eigenvalue weighted by molar-refractivity contribution is 9.10. The Labute approximate surface area is 158 Å². The minimum absolute atomic E-state index is 0.163. The highest BCUT2D eigenvalue weighted by atomic mass is 79.9. The van der Waals surface area contributed by atoms with Crippen LogP contribution in [0.3, 0.4) is 0 Å². The molecule has 0 aliphatic heterocycles. The fourth-order valence-electron chi connectivity index (χ4n) is 2.53. The van der Waals surface area contributed by atoms with Gasteiger partial charge >= 0.3 is 0 Å². The van der Waals surface area contributed by atoms with Crippen molar-refractivity contribution < 1.29 is 4.79 Å². The Balaban J connectivity index is 1.95. The molecule has 1 aromatic heterocycles. The van der Waals surface area contributed by atoms with Crippen LogP contribution in [0.1, 0.15) is 35.9 Å². The molecular formula is C19H17BrN4O2. The van der Waals surface area contributed by atoms with E-state index in [1.165, 1.54) is 4.68 Å². The van der Waals surface area contributed by atoms with Crippen LogP contribution in [0.5, 0.6) is 0 Å². The van der Waals surface area contributed by atoms with E-state index in [1.54, 1.807) is 30.5 Å². The molecule has 1 amide bonds. The molecule has 0 spiro atoms. The van der Waals surface area contributed by atoms with Gasteiger partial charge in [-0.05, 0) is 37.6 Å². The van der Waals surface area contributed by atoms with Gasteiger partial charge in [0.15, 0.2) is 5.69 Å². The third-order valence-corrected chi connectivity index (χ3v) is 4.25. The van der Waals surface area contributed by atoms with Crippen LogP contribution in [0.25, 0.3) is 10.8 Å². The maximum Gasteiger partial charge on any atom is 0.292 e. The average molecular weight is 413 g/mol. The standard InChI is InChI=1S/C19H17BrN4O2/c1-12(2)24-19(26)16-9-4-3-8-15(16)17(23-24)18(25)22-21-11-13-6-5-7-14(20)10-13/h3-12H,1-2H3,(H,22,25)/b21-11-.